The van der Waals surface area contributed by atoms with Gasteiger partial charge in [0.05, 0.1) is 26.4 Å². The van der Waals surface area contributed by atoms with Gasteiger partial charge in [0.15, 0.2) is 12.2 Å². The van der Waals surface area contributed by atoms with E-state index in [4.69, 9.17) is 37.0 Å². The predicted octanol–water partition coefficient (Wildman–Crippen LogP) is 21.6. The number of ether oxygens (including phenoxy) is 4. The van der Waals surface area contributed by atoms with E-state index in [0.717, 1.165) is 167 Å². The highest BCUT2D eigenvalue weighted by molar-refractivity contribution is 7.47. The zero-order valence-electron chi connectivity index (χ0n) is 61.2. The first-order valence-electron chi connectivity index (χ1n) is 37.8. The van der Waals surface area contributed by atoms with Crippen LogP contribution in [0.25, 0.3) is 0 Å². The Hall–Kier alpha value is -4.54. The fourth-order valence-corrected chi connectivity index (χ4v) is 11.3. The van der Waals surface area contributed by atoms with Gasteiger partial charge >= 0.3 is 39.5 Å². The summed E-state index contributed by atoms with van der Waals surface area (Å²) in [5.74, 6) is -2.26. The van der Waals surface area contributed by atoms with Crippen molar-refractivity contribution in [2.45, 2.75) is 316 Å². The standard InChI is InChI=1S/C79H134O17P2/c1-5-9-13-17-21-25-29-33-35-36-38-42-44-48-52-56-60-64-77(82)90-70-75(96-79(84)66-62-58-54-50-46-40-32-28-24-20-16-12-8-4)72-94-98(87,88)92-68-73(80)67-91-97(85,86)93-71-74(95-78(83)65-61-57-53-49-45-39-31-27-23-19-15-11-7-3)69-89-76(81)63-59-55-51-47-43-41-37-34-30-26-22-18-14-10-6-2/h9-10,13-15,19,21-22,25-27,31,33-35,37-38,42-43,47,73-75,80H,5-8,11-12,16-18,20,23-24,28-30,32,36,39-41,44-46,48-72H2,1-4H3,(H,85,86)(H,87,88)/b13-9-,14-10-,19-15-,25-21-,26-22-,31-27-,35-33-,37-34-,42-38-,47-43-. The number of carbonyl (C=O) groups is 4. The second-order valence-electron chi connectivity index (χ2n) is 24.8. The third-order valence-corrected chi connectivity index (χ3v) is 17.3. The van der Waals surface area contributed by atoms with Gasteiger partial charge < -0.3 is 33.8 Å². The van der Waals surface area contributed by atoms with Crippen LogP contribution in [-0.4, -0.2) is 96.7 Å². The summed E-state index contributed by atoms with van der Waals surface area (Å²) in [5.41, 5.74) is 0. The first-order valence-corrected chi connectivity index (χ1v) is 40.8. The molecular formula is C79H134O17P2. The Kier molecular flexibility index (Phi) is 67.6. The van der Waals surface area contributed by atoms with E-state index >= 15 is 0 Å². The molecule has 5 unspecified atom stereocenters. The lowest BCUT2D eigenvalue weighted by Gasteiger charge is -2.21. The molecule has 0 aliphatic carbocycles. The molecule has 0 amide bonds. The Bertz CT molecular complexity index is 2340. The highest BCUT2D eigenvalue weighted by atomic mass is 31.2. The molecule has 0 saturated carbocycles. The van der Waals surface area contributed by atoms with Crippen molar-refractivity contribution in [2.24, 2.45) is 0 Å². The van der Waals surface area contributed by atoms with Gasteiger partial charge in [0, 0.05) is 25.7 Å². The first kappa shape index (κ1) is 93.5. The first-order chi connectivity index (χ1) is 47.7. The molecule has 0 aromatic rings. The topological polar surface area (TPSA) is 237 Å². The maximum absolute atomic E-state index is 13.1. The lowest BCUT2D eigenvalue weighted by atomic mass is 10.0. The van der Waals surface area contributed by atoms with E-state index < -0.39 is 97.5 Å². The molecule has 3 N–H and O–H groups in total. The summed E-state index contributed by atoms with van der Waals surface area (Å²) >= 11 is 0. The minimum absolute atomic E-state index is 0.0672. The van der Waals surface area contributed by atoms with Gasteiger partial charge in [-0.25, -0.2) is 9.13 Å². The molecule has 0 saturated heterocycles. The summed E-state index contributed by atoms with van der Waals surface area (Å²) in [6.07, 6.45) is 76.2. The predicted molar refractivity (Wildman–Crippen MR) is 399 cm³/mol. The van der Waals surface area contributed by atoms with Gasteiger partial charge in [0.2, 0.25) is 0 Å². The third kappa shape index (κ3) is 69.9. The molecule has 17 nitrogen and oxygen atoms in total. The minimum atomic E-state index is -4.99. The van der Waals surface area contributed by atoms with Crippen LogP contribution in [0.5, 0.6) is 0 Å². The smallest absolute Gasteiger partial charge is 0.462 e. The number of carbonyl (C=O) groups excluding carboxylic acids is 4. The Morgan fingerprint density at radius 1 is 0.296 bits per heavy atom. The Labute approximate surface area is 593 Å². The van der Waals surface area contributed by atoms with E-state index in [1.807, 2.05) is 0 Å². The lowest BCUT2D eigenvalue weighted by Crippen LogP contribution is -2.30. The van der Waals surface area contributed by atoms with Crippen molar-refractivity contribution in [3.05, 3.63) is 122 Å². The molecule has 0 aromatic carbocycles. The molecule has 0 radical (unpaired) electrons. The molecule has 0 fully saturated rings. The molecule has 0 aliphatic rings. The summed E-state index contributed by atoms with van der Waals surface area (Å²) in [5, 5.41) is 10.6. The number of hydrogen-bond acceptors (Lipinski definition) is 15. The van der Waals surface area contributed by atoms with E-state index in [9.17, 15) is 43.2 Å². The number of hydrogen-bond donors (Lipinski definition) is 3. The van der Waals surface area contributed by atoms with Crippen LogP contribution < -0.4 is 0 Å². The summed E-state index contributed by atoms with van der Waals surface area (Å²) in [4.78, 5) is 72.8. The van der Waals surface area contributed by atoms with Gasteiger partial charge in [-0.3, -0.25) is 37.3 Å². The number of rotatable bonds is 70. The van der Waals surface area contributed by atoms with Gasteiger partial charge in [0.1, 0.15) is 19.3 Å². The van der Waals surface area contributed by atoms with Crippen LogP contribution >= 0.6 is 15.6 Å². The maximum Gasteiger partial charge on any atom is 0.472 e. The van der Waals surface area contributed by atoms with Crippen LogP contribution in [0.15, 0.2) is 122 Å². The molecule has 19 heteroatoms. The largest absolute Gasteiger partial charge is 0.472 e. The zero-order valence-corrected chi connectivity index (χ0v) is 63.0. The SMILES string of the molecule is CC/C=C\C/C=C\C/C=C\C/C=C\CCCCCCC(=O)OCC(COP(=O)(O)OCC(O)COP(=O)(O)OCC(COC(=O)CCCC/C=C\C/C=C\C/C=C\C/C=C\CC)OC(=O)CCCCCCC/C=C\C/C=C\CCC)OC(=O)CCCCCCCCCCCCCCC. The average molecular weight is 1420 g/mol. The molecule has 0 heterocycles. The monoisotopic (exact) mass is 1420 g/mol. The van der Waals surface area contributed by atoms with Crippen molar-refractivity contribution < 1.29 is 80.2 Å². The lowest BCUT2D eigenvalue weighted by molar-refractivity contribution is -0.161. The zero-order chi connectivity index (χ0) is 71.8. The summed E-state index contributed by atoms with van der Waals surface area (Å²) in [6, 6.07) is 0. The Morgan fingerprint density at radius 2 is 0.551 bits per heavy atom. The third-order valence-electron chi connectivity index (χ3n) is 15.4. The second-order valence-corrected chi connectivity index (χ2v) is 27.7. The quantitative estimate of drug-likeness (QED) is 0.0169. The van der Waals surface area contributed by atoms with Crippen molar-refractivity contribution in [3.8, 4) is 0 Å². The molecule has 0 rings (SSSR count). The van der Waals surface area contributed by atoms with Crippen LogP contribution in [0.4, 0.5) is 0 Å². The average Bonchev–Trinajstić information content (AvgIpc) is 0.969. The van der Waals surface area contributed by atoms with E-state index in [2.05, 4.69) is 149 Å². The van der Waals surface area contributed by atoms with Crippen molar-refractivity contribution in [1.82, 2.24) is 0 Å². The Morgan fingerprint density at radius 3 is 0.878 bits per heavy atom. The van der Waals surface area contributed by atoms with E-state index in [1.165, 1.54) is 51.4 Å². The summed E-state index contributed by atoms with van der Waals surface area (Å²) in [7, 11) is -9.97. The van der Waals surface area contributed by atoms with Crippen LogP contribution in [0.1, 0.15) is 297 Å². The van der Waals surface area contributed by atoms with Gasteiger partial charge in [-0.2, -0.15) is 0 Å². The van der Waals surface area contributed by atoms with Crippen LogP contribution in [0, 0.1) is 0 Å². The molecular weight excluding hydrogens is 1280 g/mol. The number of aliphatic hydroxyl groups is 1. The minimum Gasteiger partial charge on any atom is -0.462 e. The van der Waals surface area contributed by atoms with Gasteiger partial charge in [-0.1, -0.05) is 265 Å². The number of aliphatic hydroxyl groups excluding tert-OH is 1. The fraction of sp³-hybridized carbons (Fsp3) is 0.696. The van der Waals surface area contributed by atoms with Crippen molar-refractivity contribution in [3.63, 3.8) is 0 Å². The highest BCUT2D eigenvalue weighted by Gasteiger charge is 2.30. The van der Waals surface area contributed by atoms with Crippen molar-refractivity contribution in [1.29, 1.82) is 0 Å². The number of phosphoric acid groups is 2. The van der Waals surface area contributed by atoms with Gasteiger partial charge in [-0.15, -0.1) is 0 Å². The van der Waals surface area contributed by atoms with Gasteiger partial charge in [0.25, 0.3) is 0 Å². The van der Waals surface area contributed by atoms with Crippen LogP contribution in [0.3, 0.4) is 0 Å². The van der Waals surface area contributed by atoms with Crippen LogP contribution in [0.2, 0.25) is 0 Å². The fourth-order valence-electron chi connectivity index (χ4n) is 9.71. The molecule has 562 valence electrons. The van der Waals surface area contributed by atoms with E-state index in [0.29, 0.717) is 25.7 Å². The second kappa shape index (κ2) is 70.9. The number of esters is 4. The number of unbranched alkanes of at least 4 members (excludes halogenated alkanes) is 24. The van der Waals surface area contributed by atoms with Crippen molar-refractivity contribution in [2.75, 3.05) is 39.6 Å². The molecule has 0 bridgehead atoms. The van der Waals surface area contributed by atoms with Gasteiger partial charge in [-0.05, 0) is 128 Å². The molecule has 98 heavy (non-hydrogen) atoms. The van der Waals surface area contributed by atoms with E-state index in [-0.39, 0.29) is 25.7 Å². The number of phosphoric ester groups is 2. The summed E-state index contributed by atoms with van der Waals surface area (Å²) in [6.45, 7) is 4.49. The molecule has 5 atom stereocenters. The number of allylic oxidation sites excluding steroid dienone is 20. The van der Waals surface area contributed by atoms with E-state index in [1.54, 1.807) is 0 Å². The highest BCUT2D eigenvalue weighted by Crippen LogP contribution is 2.45. The normalized spacial score (nSPS) is 14.6. The molecule has 0 aliphatic heterocycles. The Balaban J connectivity index is 5.39. The molecule has 0 spiro atoms. The maximum atomic E-state index is 13.1. The summed E-state index contributed by atoms with van der Waals surface area (Å²) < 4.78 is 68.4. The van der Waals surface area contributed by atoms with Crippen LogP contribution in [-0.2, 0) is 65.4 Å². The molecule has 0 aromatic heterocycles. The van der Waals surface area contributed by atoms with Crippen molar-refractivity contribution >= 4 is 39.5 Å².